The summed E-state index contributed by atoms with van der Waals surface area (Å²) in [7, 11) is 0. The molecule has 0 amide bonds. The van der Waals surface area contributed by atoms with E-state index in [1.165, 1.54) is 17.0 Å². The zero-order valence-corrected chi connectivity index (χ0v) is 14.6. The molecule has 1 aromatic heterocycles. The van der Waals surface area contributed by atoms with Gasteiger partial charge in [0.2, 0.25) is 0 Å². The Morgan fingerprint density at radius 2 is 1.70 bits per heavy atom. The van der Waals surface area contributed by atoms with E-state index >= 15 is 0 Å². The SMILES string of the molecule is CCNc1nc(-c2ccc(F)cc2)c(-c2ccc(SC)cc2)s1. The van der Waals surface area contributed by atoms with Crippen molar-refractivity contribution in [2.24, 2.45) is 0 Å². The van der Waals surface area contributed by atoms with Gasteiger partial charge in [0, 0.05) is 17.0 Å². The van der Waals surface area contributed by atoms with E-state index in [1.54, 1.807) is 35.2 Å². The summed E-state index contributed by atoms with van der Waals surface area (Å²) in [5.41, 5.74) is 2.95. The van der Waals surface area contributed by atoms with Crippen molar-refractivity contribution in [2.75, 3.05) is 18.1 Å². The Bertz CT molecular complexity index is 780. The van der Waals surface area contributed by atoms with Crippen molar-refractivity contribution in [1.82, 2.24) is 4.98 Å². The number of nitrogens with one attached hydrogen (secondary N) is 1. The molecule has 3 rings (SSSR count). The average molecular weight is 344 g/mol. The molecule has 118 valence electrons. The van der Waals surface area contributed by atoms with Crippen LogP contribution in [0.15, 0.2) is 53.4 Å². The van der Waals surface area contributed by atoms with Crippen molar-refractivity contribution in [3.8, 4) is 21.7 Å². The van der Waals surface area contributed by atoms with E-state index in [-0.39, 0.29) is 5.82 Å². The molecule has 0 aliphatic rings. The molecule has 3 aromatic rings. The lowest BCUT2D eigenvalue weighted by Crippen LogP contribution is -1.94. The summed E-state index contributed by atoms with van der Waals surface area (Å²) in [6.07, 6.45) is 2.06. The smallest absolute Gasteiger partial charge is 0.183 e. The number of hydrogen-bond acceptors (Lipinski definition) is 4. The number of hydrogen-bond donors (Lipinski definition) is 1. The number of halogens is 1. The minimum absolute atomic E-state index is 0.234. The van der Waals surface area contributed by atoms with E-state index in [2.05, 4.69) is 35.8 Å². The van der Waals surface area contributed by atoms with Gasteiger partial charge < -0.3 is 5.32 Å². The second kappa shape index (κ2) is 7.15. The van der Waals surface area contributed by atoms with Crippen LogP contribution >= 0.6 is 23.1 Å². The van der Waals surface area contributed by atoms with Gasteiger partial charge in [0.25, 0.3) is 0 Å². The molecule has 0 saturated carbocycles. The summed E-state index contributed by atoms with van der Waals surface area (Å²) >= 11 is 3.35. The van der Waals surface area contributed by atoms with Gasteiger partial charge >= 0.3 is 0 Å². The summed E-state index contributed by atoms with van der Waals surface area (Å²) < 4.78 is 13.2. The second-order valence-corrected chi connectivity index (χ2v) is 6.84. The minimum atomic E-state index is -0.234. The number of nitrogens with zero attached hydrogens (tertiary/aromatic N) is 1. The van der Waals surface area contributed by atoms with Crippen LogP contribution in [0.4, 0.5) is 9.52 Å². The molecule has 1 heterocycles. The van der Waals surface area contributed by atoms with E-state index in [4.69, 9.17) is 4.98 Å². The zero-order valence-electron chi connectivity index (χ0n) is 13.0. The molecule has 0 aliphatic heterocycles. The van der Waals surface area contributed by atoms with Crippen molar-refractivity contribution in [2.45, 2.75) is 11.8 Å². The monoisotopic (exact) mass is 344 g/mol. The number of rotatable bonds is 5. The molecule has 0 spiro atoms. The molecule has 0 atom stereocenters. The van der Waals surface area contributed by atoms with Crippen LogP contribution in [0, 0.1) is 5.82 Å². The molecule has 0 fully saturated rings. The topological polar surface area (TPSA) is 24.9 Å². The fourth-order valence-corrected chi connectivity index (χ4v) is 3.76. The largest absolute Gasteiger partial charge is 0.362 e. The summed E-state index contributed by atoms with van der Waals surface area (Å²) in [6.45, 7) is 2.87. The Labute approximate surface area is 143 Å². The van der Waals surface area contributed by atoms with Crippen LogP contribution in [0.25, 0.3) is 21.7 Å². The first-order valence-electron chi connectivity index (χ1n) is 7.36. The van der Waals surface area contributed by atoms with Gasteiger partial charge in [-0.15, -0.1) is 11.8 Å². The molecular formula is C18H17FN2S2. The first kappa shape index (κ1) is 16.0. The Morgan fingerprint density at radius 3 is 2.30 bits per heavy atom. The predicted octanol–water partition coefficient (Wildman–Crippen LogP) is 5.77. The van der Waals surface area contributed by atoms with Crippen molar-refractivity contribution in [1.29, 1.82) is 0 Å². The van der Waals surface area contributed by atoms with Gasteiger partial charge in [0.15, 0.2) is 5.13 Å². The molecule has 1 N–H and O–H groups in total. The van der Waals surface area contributed by atoms with Crippen LogP contribution in [0.2, 0.25) is 0 Å². The second-order valence-electron chi connectivity index (χ2n) is 4.96. The number of thioether (sulfide) groups is 1. The molecule has 2 aromatic carbocycles. The van der Waals surface area contributed by atoms with Crippen LogP contribution in [0.5, 0.6) is 0 Å². The van der Waals surface area contributed by atoms with Crippen molar-refractivity contribution < 1.29 is 4.39 Å². The van der Waals surface area contributed by atoms with Gasteiger partial charge in [-0.25, -0.2) is 9.37 Å². The summed E-state index contributed by atoms with van der Waals surface area (Å²) in [5, 5.41) is 4.16. The Hall–Kier alpha value is -1.85. The van der Waals surface area contributed by atoms with Gasteiger partial charge in [0.1, 0.15) is 5.82 Å². The highest BCUT2D eigenvalue weighted by molar-refractivity contribution is 7.98. The highest BCUT2D eigenvalue weighted by atomic mass is 32.2. The highest BCUT2D eigenvalue weighted by Crippen LogP contribution is 2.39. The predicted molar refractivity (Wildman–Crippen MR) is 98.9 cm³/mol. The minimum Gasteiger partial charge on any atom is -0.362 e. The fourth-order valence-electron chi connectivity index (χ4n) is 2.29. The van der Waals surface area contributed by atoms with Crippen molar-refractivity contribution in [3.05, 3.63) is 54.3 Å². The molecule has 0 aliphatic carbocycles. The third-order valence-electron chi connectivity index (χ3n) is 3.43. The molecule has 0 unspecified atom stereocenters. The molecule has 0 radical (unpaired) electrons. The van der Waals surface area contributed by atoms with Gasteiger partial charge in [-0.05, 0) is 55.1 Å². The lowest BCUT2D eigenvalue weighted by atomic mass is 10.1. The van der Waals surface area contributed by atoms with Crippen LogP contribution in [0.1, 0.15) is 6.92 Å². The maximum absolute atomic E-state index is 13.2. The fraction of sp³-hybridized carbons (Fsp3) is 0.167. The first-order chi connectivity index (χ1) is 11.2. The molecule has 2 nitrogen and oxygen atoms in total. The van der Waals surface area contributed by atoms with Gasteiger partial charge in [-0.3, -0.25) is 0 Å². The van der Waals surface area contributed by atoms with E-state index in [1.807, 2.05) is 6.92 Å². The maximum Gasteiger partial charge on any atom is 0.183 e. The van der Waals surface area contributed by atoms with Crippen LogP contribution in [-0.4, -0.2) is 17.8 Å². The molecule has 0 bridgehead atoms. The molecular weight excluding hydrogens is 327 g/mol. The first-order valence-corrected chi connectivity index (χ1v) is 9.40. The Balaban J connectivity index is 2.08. The number of thiazole rings is 1. The summed E-state index contributed by atoms with van der Waals surface area (Å²) in [5.74, 6) is -0.234. The van der Waals surface area contributed by atoms with Crippen molar-refractivity contribution >= 4 is 28.2 Å². The van der Waals surface area contributed by atoms with Gasteiger partial charge in [-0.2, -0.15) is 0 Å². The summed E-state index contributed by atoms with van der Waals surface area (Å²) in [4.78, 5) is 7.03. The van der Waals surface area contributed by atoms with E-state index < -0.39 is 0 Å². The number of aromatic nitrogens is 1. The van der Waals surface area contributed by atoms with E-state index in [0.29, 0.717) is 0 Å². The molecule has 5 heteroatoms. The van der Waals surface area contributed by atoms with E-state index in [9.17, 15) is 4.39 Å². The van der Waals surface area contributed by atoms with Gasteiger partial charge in [0.05, 0.1) is 10.6 Å². The molecule has 0 saturated heterocycles. The lowest BCUT2D eigenvalue weighted by Gasteiger charge is -2.04. The van der Waals surface area contributed by atoms with Gasteiger partial charge in [-0.1, -0.05) is 23.5 Å². The standard InChI is InChI=1S/C18H17FN2S2/c1-3-20-18-21-16(12-4-8-14(19)9-5-12)17(23-18)13-6-10-15(22-2)11-7-13/h4-11H,3H2,1-2H3,(H,20,21). The normalized spacial score (nSPS) is 10.7. The van der Waals surface area contributed by atoms with Crippen molar-refractivity contribution in [3.63, 3.8) is 0 Å². The quantitative estimate of drug-likeness (QED) is 0.595. The number of benzene rings is 2. The summed E-state index contributed by atoms with van der Waals surface area (Å²) in [6, 6.07) is 15.0. The third kappa shape index (κ3) is 3.57. The average Bonchev–Trinajstić information content (AvgIpc) is 3.00. The van der Waals surface area contributed by atoms with E-state index in [0.717, 1.165) is 33.4 Å². The van der Waals surface area contributed by atoms with Crippen LogP contribution in [0.3, 0.4) is 0 Å². The Morgan fingerprint density at radius 1 is 1.04 bits per heavy atom. The maximum atomic E-state index is 13.2. The number of anilines is 1. The Kier molecular flexibility index (Phi) is 4.98. The third-order valence-corrected chi connectivity index (χ3v) is 5.23. The van der Waals surface area contributed by atoms with Crippen LogP contribution < -0.4 is 5.32 Å². The van der Waals surface area contributed by atoms with Crippen LogP contribution in [-0.2, 0) is 0 Å². The zero-order chi connectivity index (χ0) is 16.2. The lowest BCUT2D eigenvalue weighted by molar-refractivity contribution is 0.628. The highest BCUT2D eigenvalue weighted by Gasteiger charge is 2.15. The molecule has 23 heavy (non-hydrogen) atoms.